The van der Waals surface area contributed by atoms with Gasteiger partial charge in [0.1, 0.15) is 0 Å². The van der Waals surface area contributed by atoms with Crippen molar-refractivity contribution < 1.29 is 4.74 Å². The van der Waals surface area contributed by atoms with Gasteiger partial charge in [0.25, 0.3) is 0 Å². The zero-order valence-corrected chi connectivity index (χ0v) is 19.5. The summed E-state index contributed by atoms with van der Waals surface area (Å²) in [5, 5.41) is 0. The Balaban J connectivity index is 3.04. The van der Waals surface area contributed by atoms with Crippen molar-refractivity contribution in [2.24, 2.45) is 0 Å². The van der Waals surface area contributed by atoms with Crippen molar-refractivity contribution in [2.75, 3.05) is 13.2 Å². The predicted octanol–water partition coefficient (Wildman–Crippen LogP) is 8.70. The van der Waals surface area contributed by atoms with Gasteiger partial charge in [-0.15, -0.1) is 33.2 Å². The van der Waals surface area contributed by atoms with E-state index in [0.717, 1.165) is 31.3 Å². The molecule has 0 spiro atoms. The van der Waals surface area contributed by atoms with Crippen molar-refractivity contribution in [3.63, 3.8) is 0 Å². The summed E-state index contributed by atoms with van der Waals surface area (Å²) in [6, 6.07) is -1.54. The molecule has 0 radical (unpaired) electrons. The quantitative estimate of drug-likeness (QED) is 0.0863. The lowest BCUT2D eigenvalue weighted by atomic mass is 10.0. The standard InChI is InChI=1S/C20H39Cl3OSi/c1-20(2)19-24-17-15-13-11-9-7-5-3-4-6-8-10-12-14-16-18-25(21,22)23/h1,3-19H2,2H3. The summed E-state index contributed by atoms with van der Waals surface area (Å²) >= 11 is 17.6. The average molecular weight is 430 g/mol. The van der Waals surface area contributed by atoms with E-state index in [0.29, 0.717) is 0 Å². The monoisotopic (exact) mass is 428 g/mol. The van der Waals surface area contributed by atoms with Crippen LogP contribution in [0.5, 0.6) is 0 Å². The number of ether oxygens (including phenoxy) is 1. The van der Waals surface area contributed by atoms with Crippen LogP contribution in [-0.2, 0) is 4.74 Å². The molecule has 0 heterocycles. The molecule has 0 N–H and O–H groups in total. The van der Waals surface area contributed by atoms with E-state index >= 15 is 0 Å². The summed E-state index contributed by atoms with van der Waals surface area (Å²) in [6.07, 6.45) is 18.5. The maximum atomic E-state index is 5.88. The van der Waals surface area contributed by atoms with Gasteiger partial charge in [-0.05, 0) is 19.4 Å². The lowest BCUT2D eigenvalue weighted by Gasteiger charge is -2.07. The molecule has 1 nitrogen and oxygen atoms in total. The van der Waals surface area contributed by atoms with Crippen molar-refractivity contribution in [1.29, 1.82) is 0 Å². The minimum Gasteiger partial charge on any atom is -0.377 e. The number of halogens is 3. The van der Waals surface area contributed by atoms with E-state index in [1.165, 1.54) is 83.5 Å². The first-order valence-electron chi connectivity index (χ1n) is 10.2. The van der Waals surface area contributed by atoms with Crippen LogP contribution in [0.15, 0.2) is 12.2 Å². The molecule has 0 saturated carbocycles. The summed E-state index contributed by atoms with van der Waals surface area (Å²) in [7, 11) is 0. The molecule has 0 aromatic carbocycles. The normalized spacial score (nSPS) is 11.8. The molecule has 0 aliphatic carbocycles. The van der Waals surface area contributed by atoms with E-state index in [4.69, 9.17) is 38.0 Å². The zero-order valence-electron chi connectivity index (χ0n) is 16.3. The van der Waals surface area contributed by atoms with Gasteiger partial charge in [-0.3, -0.25) is 0 Å². The summed E-state index contributed by atoms with van der Waals surface area (Å²) < 4.78 is 5.51. The Morgan fingerprint density at radius 1 is 0.680 bits per heavy atom. The van der Waals surface area contributed by atoms with Gasteiger partial charge in [0.15, 0.2) is 0 Å². The fraction of sp³-hybridized carbons (Fsp3) is 0.900. The van der Waals surface area contributed by atoms with Crippen molar-refractivity contribution in [3.8, 4) is 0 Å². The highest BCUT2D eigenvalue weighted by molar-refractivity contribution is 7.64. The van der Waals surface area contributed by atoms with Gasteiger partial charge in [0.2, 0.25) is 0 Å². The third kappa shape index (κ3) is 24.8. The summed E-state index contributed by atoms with van der Waals surface area (Å²) in [5.41, 5.74) is 1.11. The second-order valence-electron chi connectivity index (χ2n) is 7.32. The van der Waals surface area contributed by atoms with E-state index in [-0.39, 0.29) is 0 Å². The molecule has 0 rings (SSSR count). The average Bonchev–Trinajstić information content (AvgIpc) is 2.52. The van der Waals surface area contributed by atoms with E-state index in [1.54, 1.807) is 0 Å². The topological polar surface area (TPSA) is 9.23 Å². The molecule has 0 aromatic heterocycles. The fourth-order valence-electron chi connectivity index (χ4n) is 2.90. The molecule has 25 heavy (non-hydrogen) atoms. The Labute approximate surface area is 172 Å². The third-order valence-corrected chi connectivity index (χ3v) is 6.97. The minimum atomic E-state index is -2.36. The number of unbranched alkanes of at least 4 members (excludes halogenated alkanes) is 13. The smallest absolute Gasteiger partial charge is 0.341 e. The summed E-state index contributed by atoms with van der Waals surface area (Å²) in [4.78, 5) is 0. The highest BCUT2D eigenvalue weighted by Gasteiger charge is 2.23. The molecule has 0 aliphatic rings. The van der Waals surface area contributed by atoms with Crippen LogP contribution in [0.25, 0.3) is 0 Å². The molecular formula is C20H39Cl3OSi. The van der Waals surface area contributed by atoms with Crippen LogP contribution < -0.4 is 0 Å². The lowest BCUT2D eigenvalue weighted by Crippen LogP contribution is -2.07. The van der Waals surface area contributed by atoms with Crippen LogP contribution in [0.4, 0.5) is 0 Å². The van der Waals surface area contributed by atoms with Gasteiger partial charge >= 0.3 is 6.00 Å². The molecular weight excluding hydrogens is 391 g/mol. The molecule has 0 fully saturated rings. The summed E-state index contributed by atoms with van der Waals surface area (Å²) in [6.45, 7) is 7.45. The van der Waals surface area contributed by atoms with E-state index in [1.807, 2.05) is 6.92 Å². The van der Waals surface area contributed by atoms with Crippen LogP contribution in [-0.4, -0.2) is 19.2 Å². The molecule has 5 heteroatoms. The van der Waals surface area contributed by atoms with Crippen molar-refractivity contribution in [2.45, 2.75) is 103 Å². The van der Waals surface area contributed by atoms with Crippen LogP contribution in [0.1, 0.15) is 96.8 Å². The van der Waals surface area contributed by atoms with Crippen LogP contribution >= 0.6 is 33.2 Å². The van der Waals surface area contributed by atoms with E-state index in [2.05, 4.69) is 6.58 Å². The molecule has 0 bridgehead atoms. The number of hydrogen-bond acceptors (Lipinski definition) is 1. The number of rotatable bonds is 19. The Bertz CT molecular complexity index is 306. The van der Waals surface area contributed by atoms with E-state index < -0.39 is 6.00 Å². The Hall–Kier alpha value is 0.787. The SMILES string of the molecule is C=C(C)COCCCCCCCCCCCCCCCC[Si](Cl)(Cl)Cl. The Morgan fingerprint density at radius 2 is 1.04 bits per heavy atom. The van der Waals surface area contributed by atoms with Gasteiger partial charge in [-0.2, -0.15) is 0 Å². The second kappa shape index (κ2) is 18.2. The molecule has 150 valence electrons. The van der Waals surface area contributed by atoms with E-state index in [9.17, 15) is 0 Å². The summed E-state index contributed by atoms with van der Waals surface area (Å²) in [5.74, 6) is 0. The Morgan fingerprint density at radius 3 is 1.40 bits per heavy atom. The predicted molar refractivity (Wildman–Crippen MR) is 118 cm³/mol. The Kier molecular flexibility index (Phi) is 18.7. The first kappa shape index (κ1) is 25.8. The highest BCUT2D eigenvalue weighted by atomic mass is 35.8. The first-order chi connectivity index (χ1) is 11.9. The fourth-order valence-corrected chi connectivity index (χ4v) is 4.75. The molecule has 0 unspecified atom stereocenters. The molecule has 0 aliphatic heterocycles. The van der Waals surface area contributed by atoms with Crippen LogP contribution in [0.2, 0.25) is 6.04 Å². The highest BCUT2D eigenvalue weighted by Crippen LogP contribution is 2.27. The zero-order chi connectivity index (χ0) is 18.8. The maximum Gasteiger partial charge on any atom is 0.341 e. The van der Waals surface area contributed by atoms with Gasteiger partial charge in [0, 0.05) is 6.61 Å². The molecule has 0 aromatic rings. The molecule has 0 atom stereocenters. The lowest BCUT2D eigenvalue weighted by molar-refractivity contribution is 0.151. The van der Waals surface area contributed by atoms with Gasteiger partial charge in [0.05, 0.1) is 6.61 Å². The largest absolute Gasteiger partial charge is 0.377 e. The third-order valence-electron chi connectivity index (χ3n) is 4.35. The second-order valence-corrected chi connectivity index (χ2v) is 16.6. The first-order valence-corrected chi connectivity index (χ1v) is 15.4. The van der Waals surface area contributed by atoms with Crippen molar-refractivity contribution >= 4 is 39.2 Å². The minimum absolute atomic E-state index is 0.719. The van der Waals surface area contributed by atoms with Crippen LogP contribution in [0.3, 0.4) is 0 Å². The van der Waals surface area contributed by atoms with Crippen molar-refractivity contribution in [1.82, 2.24) is 0 Å². The molecule has 0 amide bonds. The van der Waals surface area contributed by atoms with Crippen LogP contribution in [0, 0.1) is 0 Å². The van der Waals surface area contributed by atoms with Gasteiger partial charge < -0.3 is 4.74 Å². The van der Waals surface area contributed by atoms with Gasteiger partial charge in [-0.25, -0.2) is 0 Å². The molecule has 0 saturated heterocycles. The maximum absolute atomic E-state index is 5.88. The number of hydrogen-bond donors (Lipinski definition) is 0. The van der Waals surface area contributed by atoms with Crippen molar-refractivity contribution in [3.05, 3.63) is 12.2 Å². The van der Waals surface area contributed by atoms with Gasteiger partial charge in [-0.1, -0.05) is 95.6 Å².